The summed E-state index contributed by atoms with van der Waals surface area (Å²) in [5.41, 5.74) is 1.26. The van der Waals surface area contributed by atoms with Gasteiger partial charge in [-0.05, 0) is 38.5 Å². The third-order valence-electron chi connectivity index (χ3n) is 3.97. The first-order valence-corrected chi connectivity index (χ1v) is 6.20. The first-order valence-electron chi connectivity index (χ1n) is 6.20. The lowest BCUT2D eigenvalue weighted by Crippen LogP contribution is -2.39. The molecule has 0 aromatic heterocycles. The van der Waals surface area contributed by atoms with Gasteiger partial charge >= 0.3 is 5.97 Å². The second-order valence-corrected chi connectivity index (χ2v) is 5.37. The van der Waals surface area contributed by atoms with Gasteiger partial charge in [-0.25, -0.2) is 0 Å². The summed E-state index contributed by atoms with van der Waals surface area (Å²) < 4.78 is 0. The summed E-state index contributed by atoms with van der Waals surface area (Å²) >= 11 is 0. The van der Waals surface area contributed by atoms with Crippen molar-refractivity contribution in [3.63, 3.8) is 0 Å². The Morgan fingerprint density at radius 3 is 2.81 bits per heavy atom. The van der Waals surface area contributed by atoms with E-state index in [0.717, 1.165) is 19.5 Å². The normalized spacial score (nSPS) is 33.8. The first-order chi connectivity index (χ1) is 7.59. The molecule has 0 aromatic carbocycles. The van der Waals surface area contributed by atoms with Gasteiger partial charge in [0.25, 0.3) is 0 Å². The molecule has 1 heterocycles. The smallest absolute Gasteiger partial charge is 0.321 e. The van der Waals surface area contributed by atoms with Crippen LogP contribution in [0.5, 0.6) is 0 Å². The van der Waals surface area contributed by atoms with Crippen LogP contribution in [0.15, 0.2) is 11.6 Å². The van der Waals surface area contributed by atoms with E-state index in [-0.39, 0.29) is 6.04 Å². The van der Waals surface area contributed by atoms with Crippen molar-refractivity contribution in [2.24, 2.45) is 11.8 Å². The quantitative estimate of drug-likeness (QED) is 0.745. The predicted octanol–water partition coefficient (Wildman–Crippen LogP) is 2.14. The molecule has 0 bridgehead atoms. The fraction of sp³-hybridized carbons (Fsp3) is 0.769. The van der Waals surface area contributed by atoms with E-state index in [1.807, 2.05) is 0 Å². The summed E-state index contributed by atoms with van der Waals surface area (Å²) in [6.45, 7) is 5.90. The number of hydrogen-bond donors (Lipinski definition) is 1. The van der Waals surface area contributed by atoms with Gasteiger partial charge < -0.3 is 5.11 Å². The molecular weight excluding hydrogens is 202 g/mol. The van der Waals surface area contributed by atoms with Crippen LogP contribution in [0.4, 0.5) is 0 Å². The van der Waals surface area contributed by atoms with E-state index in [9.17, 15) is 9.90 Å². The summed E-state index contributed by atoms with van der Waals surface area (Å²) in [4.78, 5) is 13.5. The maximum Gasteiger partial charge on any atom is 0.321 e. The highest BCUT2D eigenvalue weighted by molar-refractivity contribution is 5.74. The van der Waals surface area contributed by atoms with Crippen molar-refractivity contribution in [2.45, 2.75) is 39.2 Å². The Labute approximate surface area is 97.1 Å². The average Bonchev–Trinajstić information content (AvgIpc) is 2.71. The molecule has 2 fully saturated rings. The van der Waals surface area contributed by atoms with Crippen molar-refractivity contribution in [2.75, 3.05) is 13.1 Å². The second-order valence-electron chi connectivity index (χ2n) is 5.37. The molecule has 2 aliphatic rings. The van der Waals surface area contributed by atoms with Crippen molar-refractivity contribution in [1.82, 2.24) is 4.90 Å². The lowest BCUT2D eigenvalue weighted by atomic mass is 9.94. The Balaban J connectivity index is 2.07. The van der Waals surface area contributed by atoms with Gasteiger partial charge in [0, 0.05) is 13.1 Å². The van der Waals surface area contributed by atoms with Gasteiger partial charge in [-0.2, -0.15) is 0 Å². The summed E-state index contributed by atoms with van der Waals surface area (Å²) in [6, 6.07) is -0.233. The Bertz CT molecular complexity index is 307. The van der Waals surface area contributed by atoms with Gasteiger partial charge in [0.05, 0.1) is 0 Å². The molecular formula is C13H21NO2. The van der Waals surface area contributed by atoms with Crippen molar-refractivity contribution in [1.29, 1.82) is 0 Å². The van der Waals surface area contributed by atoms with Crippen molar-refractivity contribution in [3.8, 4) is 0 Å². The number of hydrogen-bond acceptors (Lipinski definition) is 2. The minimum Gasteiger partial charge on any atom is -0.480 e. The first kappa shape index (κ1) is 11.6. The van der Waals surface area contributed by atoms with Crippen molar-refractivity contribution >= 4 is 5.97 Å². The van der Waals surface area contributed by atoms with Gasteiger partial charge in [0.1, 0.15) is 6.04 Å². The van der Waals surface area contributed by atoms with E-state index in [1.54, 1.807) is 0 Å². The van der Waals surface area contributed by atoms with Gasteiger partial charge in [0.15, 0.2) is 0 Å². The van der Waals surface area contributed by atoms with Crippen LogP contribution in [0.3, 0.4) is 0 Å². The Morgan fingerprint density at radius 1 is 1.44 bits per heavy atom. The minimum atomic E-state index is -0.628. The lowest BCUT2D eigenvalue weighted by Gasteiger charge is -2.22. The molecule has 2 rings (SSSR count). The van der Waals surface area contributed by atoms with Crippen LogP contribution in [-0.4, -0.2) is 35.1 Å². The number of likely N-dealkylation sites (tertiary alicyclic amines) is 1. The lowest BCUT2D eigenvalue weighted by molar-refractivity contribution is -0.143. The molecule has 16 heavy (non-hydrogen) atoms. The number of allylic oxidation sites excluding steroid dienone is 1. The third-order valence-corrected chi connectivity index (χ3v) is 3.97. The van der Waals surface area contributed by atoms with E-state index in [4.69, 9.17) is 0 Å². The van der Waals surface area contributed by atoms with Crippen molar-refractivity contribution in [3.05, 3.63) is 11.6 Å². The highest BCUT2D eigenvalue weighted by atomic mass is 16.4. The monoisotopic (exact) mass is 223 g/mol. The minimum absolute atomic E-state index is 0.233. The molecule has 0 aromatic rings. The summed E-state index contributed by atoms with van der Waals surface area (Å²) in [5.74, 6) is 0.409. The van der Waals surface area contributed by atoms with Crippen LogP contribution in [0.25, 0.3) is 0 Å². The maximum absolute atomic E-state index is 11.3. The van der Waals surface area contributed by atoms with Crippen LogP contribution >= 0.6 is 0 Å². The average molecular weight is 223 g/mol. The number of carbonyl (C=O) groups is 1. The Morgan fingerprint density at radius 2 is 2.19 bits per heavy atom. The number of aliphatic carboxylic acids is 1. The van der Waals surface area contributed by atoms with Crippen LogP contribution in [-0.2, 0) is 4.79 Å². The molecule has 0 spiro atoms. The van der Waals surface area contributed by atoms with Crippen molar-refractivity contribution < 1.29 is 9.90 Å². The van der Waals surface area contributed by atoms with Crippen LogP contribution in [0.1, 0.15) is 33.1 Å². The number of fused-ring (bicyclic) bond motifs is 1. The van der Waals surface area contributed by atoms with E-state index in [0.29, 0.717) is 11.8 Å². The Hall–Kier alpha value is -0.830. The Kier molecular flexibility index (Phi) is 3.33. The summed E-state index contributed by atoms with van der Waals surface area (Å²) in [5, 5.41) is 9.33. The van der Waals surface area contributed by atoms with E-state index in [2.05, 4.69) is 24.8 Å². The number of carboxylic acid groups (broad SMARTS) is 1. The topological polar surface area (TPSA) is 40.5 Å². The molecule has 0 radical (unpaired) electrons. The predicted molar refractivity (Wildman–Crippen MR) is 63.3 cm³/mol. The molecule has 3 atom stereocenters. The van der Waals surface area contributed by atoms with Gasteiger partial charge in [-0.1, -0.05) is 18.1 Å². The molecule has 90 valence electrons. The number of nitrogens with zero attached hydrogens (tertiary/aromatic N) is 1. The summed E-state index contributed by atoms with van der Waals surface area (Å²) in [6.07, 6.45) is 5.68. The summed E-state index contributed by atoms with van der Waals surface area (Å²) in [7, 11) is 0. The largest absolute Gasteiger partial charge is 0.480 e. The molecule has 1 saturated carbocycles. The SMILES string of the molecule is CC(C)=CCN1CC2CCCC2C1C(=O)O. The zero-order valence-corrected chi connectivity index (χ0v) is 10.1. The van der Waals surface area contributed by atoms with Gasteiger partial charge in [-0.3, -0.25) is 9.69 Å². The van der Waals surface area contributed by atoms with Gasteiger partial charge in [0.2, 0.25) is 0 Å². The fourth-order valence-electron chi connectivity index (χ4n) is 3.22. The number of carboxylic acids is 1. The third kappa shape index (κ3) is 2.14. The van der Waals surface area contributed by atoms with E-state index < -0.39 is 5.97 Å². The molecule has 0 amide bonds. The fourth-order valence-corrected chi connectivity index (χ4v) is 3.22. The highest BCUT2D eigenvalue weighted by Gasteiger charge is 2.47. The van der Waals surface area contributed by atoms with E-state index >= 15 is 0 Å². The maximum atomic E-state index is 11.3. The highest BCUT2D eigenvalue weighted by Crippen LogP contribution is 2.42. The van der Waals surface area contributed by atoms with E-state index in [1.165, 1.54) is 18.4 Å². The van der Waals surface area contributed by atoms with Crippen LogP contribution in [0, 0.1) is 11.8 Å². The number of rotatable bonds is 3. The molecule has 1 aliphatic heterocycles. The second kappa shape index (κ2) is 4.58. The molecule has 3 nitrogen and oxygen atoms in total. The molecule has 3 heteroatoms. The molecule has 3 unspecified atom stereocenters. The zero-order chi connectivity index (χ0) is 11.7. The molecule has 1 saturated heterocycles. The van der Waals surface area contributed by atoms with Crippen LogP contribution in [0.2, 0.25) is 0 Å². The van der Waals surface area contributed by atoms with Crippen LogP contribution < -0.4 is 0 Å². The molecule has 1 aliphatic carbocycles. The van der Waals surface area contributed by atoms with Gasteiger partial charge in [-0.15, -0.1) is 0 Å². The standard InChI is InChI=1S/C13H21NO2/c1-9(2)6-7-14-8-10-4-3-5-11(10)12(14)13(15)16/h6,10-12H,3-5,7-8H2,1-2H3,(H,15,16). The zero-order valence-electron chi connectivity index (χ0n) is 10.1. The molecule has 1 N–H and O–H groups in total.